The average molecular weight is 195 g/mol. The summed E-state index contributed by atoms with van der Waals surface area (Å²) in [6.45, 7) is 2.26. The molecule has 1 aliphatic rings. The maximum Gasteiger partial charge on any atom is 0.309 e. The summed E-state index contributed by atoms with van der Waals surface area (Å²) >= 11 is 0. The molecule has 1 aromatic heterocycles. The first kappa shape index (κ1) is 9.24. The highest BCUT2D eigenvalue weighted by molar-refractivity contribution is 5.73. The number of hydrogen-bond donors (Lipinski definition) is 0. The fourth-order valence-electron chi connectivity index (χ4n) is 1.76. The van der Waals surface area contributed by atoms with Gasteiger partial charge in [0.2, 0.25) is 0 Å². The van der Waals surface area contributed by atoms with Gasteiger partial charge in [-0.3, -0.25) is 4.79 Å². The van der Waals surface area contributed by atoms with E-state index < -0.39 is 0 Å². The minimum absolute atomic E-state index is 0.0459. The van der Waals surface area contributed by atoms with Gasteiger partial charge >= 0.3 is 5.97 Å². The van der Waals surface area contributed by atoms with Crippen molar-refractivity contribution in [2.45, 2.75) is 26.2 Å². The maximum absolute atomic E-state index is 11.4. The zero-order valence-corrected chi connectivity index (χ0v) is 8.16. The van der Waals surface area contributed by atoms with Crippen molar-refractivity contribution in [2.24, 2.45) is 5.92 Å². The molecule has 0 aliphatic heterocycles. The van der Waals surface area contributed by atoms with Crippen LogP contribution in [0.2, 0.25) is 0 Å². The minimum Gasteiger partial charge on any atom is -0.466 e. The number of ether oxygens (including phenoxy) is 1. The number of carbonyl (C=O) groups excluding carboxylic acids is 1. The van der Waals surface area contributed by atoms with Gasteiger partial charge in [-0.25, -0.2) is 4.98 Å². The zero-order valence-electron chi connectivity index (χ0n) is 8.16. The van der Waals surface area contributed by atoms with Crippen LogP contribution in [0.25, 0.3) is 0 Å². The number of rotatable bonds is 2. The number of nitrogens with zero attached hydrogens (tertiary/aromatic N) is 1. The van der Waals surface area contributed by atoms with Gasteiger partial charge in [-0.15, -0.1) is 0 Å². The molecule has 0 aromatic carbocycles. The first-order valence-electron chi connectivity index (χ1n) is 4.89. The van der Waals surface area contributed by atoms with E-state index in [2.05, 4.69) is 4.98 Å². The zero-order chi connectivity index (χ0) is 9.97. The van der Waals surface area contributed by atoms with Crippen molar-refractivity contribution in [3.8, 4) is 0 Å². The van der Waals surface area contributed by atoms with Crippen LogP contribution in [0.15, 0.2) is 10.8 Å². The minimum atomic E-state index is -0.116. The number of hydrogen-bond acceptors (Lipinski definition) is 4. The predicted octanol–water partition coefficient (Wildman–Crippen LogP) is 1.34. The second-order valence-corrected chi connectivity index (χ2v) is 3.41. The van der Waals surface area contributed by atoms with Crippen molar-refractivity contribution in [1.29, 1.82) is 0 Å². The Bertz CT molecular complexity index is 332. The van der Waals surface area contributed by atoms with Gasteiger partial charge in [0.05, 0.1) is 18.2 Å². The lowest BCUT2D eigenvalue weighted by molar-refractivity contribution is -0.148. The number of fused-ring (bicyclic) bond motifs is 1. The van der Waals surface area contributed by atoms with Crippen LogP contribution in [0.3, 0.4) is 0 Å². The molecular weight excluding hydrogens is 182 g/mol. The maximum atomic E-state index is 11.4. The molecule has 76 valence electrons. The van der Waals surface area contributed by atoms with E-state index in [4.69, 9.17) is 9.15 Å². The van der Waals surface area contributed by atoms with Crippen molar-refractivity contribution < 1.29 is 13.9 Å². The third-order valence-electron chi connectivity index (χ3n) is 2.51. The number of oxazole rings is 1. The summed E-state index contributed by atoms with van der Waals surface area (Å²) in [4.78, 5) is 15.5. The van der Waals surface area contributed by atoms with E-state index >= 15 is 0 Å². The summed E-state index contributed by atoms with van der Waals surface area (Å²) in [7, 11) is 0. The molecule has 0 saturated heterocycles. The number of aryl methyl sites for hydroxylation is 1. The molecule has 0 saturated carbocycles. The van der Waals surface area contributed by atoms with E-state index in [9.17, 15) is 4.79 Å². The summed E-state index contributed by atoms with van der Waals surface area (Å²) < 4.78 is 10.2. The number of carbonyl (C=O) groups is 1. The summed E-state index contributed by atoms with van der Waals surface area (Å²) in [5.74, 6) is 0.680. The largest absolute Gasteiger partial charge is 0.466 e. The average Bonchev–Trinajstić information content (AvgIpc) is 2.64. The predicted molar refractivity (Wildman–Crippen MR) is 48.7 cm³/mol. The lowest BCUT2D eigenvalue weighted by Gasteiger charge is -2.18. The third-order valence-corrected chi connectivity index (χ3v) is 2.51. The standard InChI is InChI=1S/C10H13NO3/c1-2-13-10(12)7-3-4-8-9(5-7)14-6-11-8/h6-7H,2-5H2,1H3. The van der Waals surface area contributed by atoms with Crippen LogP contribution in [0, 0.1) is 5.92 Å². The SMILES string of the molecule is CCOC(=O)C1CCc2ncoc2C1. The van der Waals surface area contributed by atoms with E-state index in [-0.39, 0.29) is 11.9 Å². The molecule has 0 radical (unpaired) electrons. The molecule has 4 nitrogen and oxygen atoms in total. The highest BCUT2D eigenvalue weighted by atomic mass is 16.5. The normalized spacial score (nSPS) is 20.2. The van der Waals surface area contributed by atoms with Gasteiger partial charge in [-0.05, 0) is 19.8 Å². The lowest BCUT2D eigenvalue weighted by atomic mass is 9.90. The van der Waals surface area contributed by atoms with Gasteiger partial charge in [0.1, 0.15) is 5.76 Å². The third kappa shape index (κ3) is 1.64. The topological polar surface area (TPSA) is 52.3 Å². The Morgan fingerprint density at radius 1 is 1.79 bits per heavy atom. The van der Waals surface area contributed by atoms with Gasteiger partial charge in [0.25, 0.3) is 0 Å². The summed E-state index contributed by atoms with van der Waals surface area (Å²) in [6.07, 6.45) is 3.71. The van der Waals surface area contributed by atoms with Crippen LogP contribution < -0.4 is 0 Å². The summed E-state index contributed by atoms with van der Waals surface area (Å²) in [6, 6.07) is 0. The smallest absolute Gasteiger partial charge is 0.309 e. The van der Waals surface area contributed by atoms with Crippen LogP contribution in [0.5, 0.6) is 0 Å². The Hall–Kier alpha value is -1.32. The Labute approximate surface area is 82.3 Å². The molecule has 0 spiro atoms. The van der Waals surface area contributed by atoms with Crippen molar-refractivity contribution in [3.05, 3.63) is 17.8 Å². The summed E-state index contributed by atoms with van der Waals surface area (Å²) in [5.41, 5.74) is 0.991. The van der Waals surface area contributed by atoms with Gasteiger partial charge in [0, 0.05) is 6.42 Å². The van der Waals surface area contributed by atoms with Crippen molar-refractivity contribution in [1.82, 2.24) is 4.98 Å². The van der Waals surface area contributed by atoms with E-state index in [1.807, 2.05) is 6.92 Å². The molecule has 14 heavy (non-hydrogen) atoms. The molecule has 4 heteroatoms. The first-order chi connectivity index (χ1) is 6.81. The Morgan fingerprint density at radius 3 is 3.43 bits per heavy atom. The Morgan fingerprint density at radius 2 is 2.64 bits per heavy atom. The van der Waals surface area contributed by atoms with Gasteiger partial charge in [-0.1, -0.05) is 0 Å². The van der Waals surface area contributed by atoms with Crippen LogP contribution in [-0.2, 0) is 22.4 Å². The van der Waals surface area contributed by atoms with Crippen LogP contribution in [-0.4, -0.2) is 17.6 Å². The molecule has 2 rings (SSSR count). The molecule has 0 amide bonds. The van der Waals surface area contributed by atoms with Crippen LogP contribution in [0.1, 0.15) is 24.8 Å². The van der Waals surface area contributed by atoms with E-state index in [0.717, 1.165) is 24.3 Å². The highest BCUT2D eigenvalue weighted by Gasteiger charge is 2.28. The van der Waals surface area contributed by atoms with E-state index in [0.29, 0.717) is 13.0 Å². The molecule has 1 unspecified atom stereocenters. The highest BCUT2D eigenvalue weighted by Crippen LogP contribution is 2.25. The monoisotopic (exact) mass is 195 g/mol. The number of aromatic nitrogens is 1. The lowest BCUT2D eigenvalue weighted by Crippen LogP contribution is -2.24. The van der Waals surface area contributed by atoms with Gasteiger partial charge in [0.15, 0.2) is 6.39 Å². The second kappa shape index (κ2) is 3.82. The fraction of sp³-hybridized carbons (Fsp3) is 0.600. The Balaban J connectivity index is 2.04. The summed E-state index contributed by atoms with van der Waals surface area (Å²) in [5, 5.41) is 0. The molecule has 0 fully saturated rings. The molecule has 1 heterocycles. The first-order valence-corrected chi connectivity index (χ1v) is 4.89. The van der Waals surface area contributed by atoms with E-state index in [1.54, 1.807) is 0 Å². The van der Waals surface area contributed by atoms with Gasteiger partial charge < -0.3 is 9.15 Å². The quantitative estimate of drug-likeness (QED) is 0.668. The molecule has 1 aromatic rings. The van der Waals surface area contributed by atoms with Gasteiger partial charge in [-0.2, -0.15) is 0 Å². The van der Waals surface area contributed by atoms with E-state index in [1.165, 1.54) is 6.39 Å². The second-order valence-electron chi connectivity index (χ2n) is 3.41. The molecule has 0 N–H and O–H groups in total. The molecule has 1 aliphatic carbocycles. The van der Waals surface area contributed by atoms with Crippen molar-refractivity contribution in [3.63, 3.8) is 0 Å². The van der Waals surface area contributed by atoms with Crippen molar-refractivity contribution >= 4 is 5.97 Å². The van der Waals surface area contributed by atoms with Crippen LogP contribution >= 0.6 is 0 Å². The Kier molecular flexibility index (Phi) is 2.52. The molecule has 1 atom stereocenters. The van der Waals surface area contributed by atoms with Crippen molar-refractivity contribution in [2.75, 3.05) is 6.61 Å². The fourth-order valence-corrected chi connectivity index (χ4v) is 1.76. The number of esters is 1. The molecular formula is C10H13NO3. The molecule has 0 bridgehead atoms. The van der Waals surface area contributed by atoms with Crippen LogP contribution in [0.4, 0.5) is 0 Å².